The maximum absolute atomic E-state index is 12.3. The molecule has 7 heteroatoms. The summed E-state index contributed by atoms with van der Waals surface area (Å²) in [5.74, 6) is -1.41. The fourth-order valence-corrected chi connectivity index (χ4v) is 1.37. The molecule has 18 heavy (non-hydrogen) atoms. The molecule has 1 aromatic rings. The van der Waals surface area contributed by atoms with Crippen LogP contribution >= 0.6 is 0 Å². The lowest BCUT2D eigenvalue weighted by molar-refractivity contribution is -0.145. The SMILES string of the molecule is N[C@](CO)(Cc1ccc(C(F)(F)F)cc1)C(=O)O. The van der Waals surface area contributed by atoms with Crippen molar-refractivity contribution in [3.8, 4) is 0 Å². The van der Waals surface area contributed by atoms with Gasteiger partial charge in [-0.3, -0.25) is 4.79 Å². The summed E-state index contributed by atoms with van der Waals surface area (Å²) < 4.78 is 36.9. The van der Waals surface area contributed by atoms with Gasteiger partial charge in [-0.1, -0.05) is 12.1 Å². The molecule has 4 nitrogen and oxygen atoms in total. The summed E-state index contributed by atoms with van der Waals surface area (Å²) >= 11 is 0. The number of aliphatic carboxylic acids is 1. The van der Waals surface area contributed by atoms with Crippen molar-refractivity contribution in [1.82, 2.24) is 0 Å². The minimum atomic E-state index is -4.44. The van der Waals surface area contributed by atoms with E-state index in [2.05, 4.69) is 0 Å². The van der Waals surface area contributed by atoms with E-state index < -0.39 is 29.9 Å². The first kappa shape index (κ1) is 14.5. The van der Waals surface area contributed by atoms with Crippen molar-refractivity contribution in [2.45, 2.75) is 18.1 Å². The van der Waals surface area contributed by atoms with Gasteiger partial charge in [0.15, 0.2) is 0 Å². The second-order valence-electron chi connectivity index (χ2n) is 3.99. The Bertz CT molecular complexity index is 430. The molecule has 0 amide bonds. The molecule has 1 aromatic carbocycles. The normalized spacial score (nSPS) is 15.2. The number of rotatable bonds is 4. The van der Waals surface area contributed by atoms with Gasteiger partial charge >= 0.3 is 12.1 Å². The van der Waals surface area contributed by atoms with Crippen LogP contribution in [-0.4, -0.2) is 28.3 Å². The zero-order valence-electron chi connectivity index (χ0n) is 9.24. The summed E-state index contributed by atoms with van der Waals surface area (Å²) in [6, 6.07) is 3.97. The zero-order chi connectivity index (χ0) is 14.0. The summed E-state index contributed by atoms with van der Waals surface area (Å²) in [6.07, 6.45) is -4.70. The van der Waals surface area contributed by atoms with Crippen LogP contribution in [-0.2, 0) is 17.4 Å². The molecule has 0 aliphatic rings. The van der Waals surface area contributed by atoms with E-state index in [1.807, 2.05) is 0 Å². The number of carboxylic acid groups (broad SMARTS) is 1. The molecule has 0 saturated heterocycles. The molecule has 0 spiro atoms. The number of hydrogen-bond acceptors (Lipinski definition) is 3. The van der Waals surface area contributed by atoms with Gasteiger partial charge in [-0.25, -0.2) is 0 Å². The number of alkyl halides is 3. The topological polar surface area (TPSA) is 83.5 Å². The Kier molecular flexibility index (Phi) is 3.98. The van der Waals surface area contributed by atoms with Gasteiger partial charge in [-0.2, -0.15) is 13.2 Å². The molecule has 0 radical (unpaired) electrons. The number of aliphatic hydroxyl groups is 1. The lowest BCUT2D eigenvalue weighted by Gasteiger charge is -2.22. The third-order valence-electron chi connectivity index (χ3n) is 2.51. The van der Waals surface area contributed by atoms with Crippen LogP contribution < -0.4 is 5.73 Å². The van der Waals surface area contributed by atoms with E-state index in [1.54, 1.807) is 0 Å². The molecular formula is C11H12F3NO3. The molecular weight excluding hydrogens is 251 g/mol. The number of halogens is 3. The Morgan fingerprint density at radius 1 is 1.22 bits per heavy atom. The van der Waals surface area contributed by atoms with Gasteiger partial charge in [-0.05, 0) is 17.7 Å². The second-order valence-corrected chi connectivity index (χ2v) is 3.99. The Balaban J connectivity index is 2.90. The first-order chi connectivity index (χ1) is 8.19. The molecule has 0 aromatic heterocycles. The van der Waals surface area contributed by atoms with Crippen molar-refractivity contribution in [3.05, 3.63) is 35.4 Å². The fraction of sp³-hybridized carbons (Fsp3) is 0.364. The lowest BCUT2D eigenvalue weighted by atomic mass is 9.92. The van der Waals surface area contributed by atoms with Crippen molar-refractivity contribution in [2.75, 3.05) is 6.61 Å². The van der Waals surface area contributed by atoms with Crippen LogP contribution in [0.3, 0.4) is 0 Å². The number of benzene rings is 1. The number of carbonyl (C=O) groups is 1. The minimum absolute atomic E-state index is 0.253. The Hall–Kier alpha value is -1.60. The molecule has 0 aliphatic carbocycles. The van der Waals surface area contributed by atoms with Gasteiger partial charge < -0.3 is 15.9 Å². The molecule has 0 bridgehead atoms. The number of nitrogens with two attached hydrogens (primary N) is 1. The van der Waals surface area contributed by atoms with Crippen molar-refractivity contribution < 1.29 is 28.2 Å². The maximum atomic E-state index is 12.3. The van der Waals surface area contributed by atoms with Crippen molar-refractivity contribution in [3.63, 3.8) is 0 Å². The first-order valence-electron chi connectivity index (χ1n) is 4.98. The number of aliphatic hydroxyl groups excluding tert-OH is 1. The summed E-state index contributed by atoms with van der Waals surface area (Å²) in [5, 5.41) is 17.7. The highest BCUT2D eigenvalue weighted by molar-refractivity contribution is 5.79. The van der Waals surface area contributed by atoms with E-state index in [1.165, 1.54) is 0 Å². The smallest absolute Gasteiger partial charge is 0.416 e. The minimum Gasteiger partial charge on any atom is -0.480 e. The highest BCUT2D eigenvalue weighted by Gasteiger charge is 2.34. The summed E-state index contributed by atoms with van der Waals surface area (Å²) in [6.45, 7) is -0.802. The van der Waals surface area contributed by atoms with Crippen LogP contribution in [0, 0.1) is 0 Å². The van der Waals surface area contributed by atoms with Gasteiger partial charge in [-0.15, -0.1) is 0 Å². The molecule has 0 heterocycles. The van der Waals surface area contributed by atoms with Gasteiger partial charge in [0.25, 0.3) is 0 Å². The molecule has 0 fully saturated rings. The predicted molar refractivity (Wildman–Crippen MR) is 56.8 cm³/mol. The maximum Gasteiger partial charge on any atom is 0.416 e. The fourth-order valence-electron chi connectivity index (χ4n) is 1.37. The Morgan fingerprint density at radius 3 is 2.06 bits per heavy atom. The molecule has 100 valence electrons. The van der Waals surface area contributed by atoms with Gasteiger partial charge in [0, 0.05) is 6.42 Å². The molecule has 1 atom stereocenters. The van der Waals surface area contributed by atoms with Crippen LogP contribution in [0.25, 0.3) is 0 Å². The van der Waals surface area contributed by atoms with E-state index in [0.717, 1.165) is 24.3 Å². The van der Waals surface area contributed by atoms with Crippen LogP contribution in [0.4, 0.5) is 13.2 Å². The Labute approximate surface area is 101 Å². The highest BCUT2D eigenvalue weighted by atomic mass is 19.4. The molecule has 4 N–H and O–H groups in total. The molecule has 0 saturated carbocycles. The van der Waals surface area contributed by atoms with E-state index in [4.69, 9.17) is 15.9 Å². The number of carboxylic acids is 1. The quantitative estimate of drug-likeness (QED) is 0.757. The highest BCUT2D eigenvalue weighted by Crippen LogP contribution is 2.29. The van der Waals surface area contributed by atoms with E-state index >= 15 is 0 Å². The summed E-state index contributed by atoms with van der Waals surface area (Å²) in [4.78, 5) is 10.8. The van der Waals surface area contributed by atoms with E-state index in [9.17, 15) is 18.0 Å². The Morgan fingerprint density at radius 2 is 1.72 bits per heavy atom. The van der Waals surface area contributed by atoms with E-state index in [0.29, 0.717) is 5.56 Å². The second kappa shape index (κ2) is 4.95. The van der Waals surface area contributed by atoms with Crippen molar-refractivity contribution >= 4 is 5.97 Å². The number of hydrogen-bond donors (Lipinski definition) is 3. The first-order valence-corrected chi connectivity index (χ1v) is 4.98. The third-order valence-corrected chi connectivity index (χ3v) is 2.51. The third kappa shape index (κ3) is 3.21. The molecule has 1 rings (SSSR count). The molecule has 0 aliphatic heterocycles. The van der Waals surface area contributed by atoms with Gasteiger partial charge in [0.1, 0.15) is 5.54 Å². The van der Waals surface area contributed by atoms with Crippen molar-refractivity contribution in [2.24, 2.45) is 5.73 Å². The molecule has 0 unspecified atom stereocenters. The predicted octanol–water partition coefficient (Wildman–Crippen LogP) is 1.02. The summed E-state index contributed by atoms with van der Waals surface area (Å²) in [5.41, 5.74) is 3.02. The van der Waals surface area contributed by atoms with Crippen LogP contribution in [0.1, 0.15) is 11.1 Å². The monoisotopic (exact) mass is 263 g/mol. The largest absolute Gasteiger partial charge is 0.480 e. The zero-order valence-corrected chi connectivity index (χ0v) is 9.24. The van der Waals surface area contributed by atoms with E-state index in [-0.39, 0.29) is 6.42 Å². The average molecular weight is 263 g/mol. The van der Waals surface area contributed by atoms with Crippen LogP contribution in [0.5, 0.6) is 0 Å². The van der Waals surface area contributed by atoms with Crippen molar-refractivity contribution in [1.29, 1.82) is 0 Å². The average Bonchev–Trinajstić information content (AvgIpc) is 2.28. The lowest BCUT2D eigenvalue weighted by Crippen LogP contribution is -2.53. The van der Waals surface area contributed by atoms with Gasteiger partial charge in [0.05, 0.1) is 12.2 Å². The van der Waals surface area contributed by atoms with Gasteiger partial charge in [0.2, 0.25) is 0 Å². The summed E-state index contributed by atoms with van der Waals surface area (Å²) in [7, 11) is 0. The van der Waals surface area contributed by atoms with Crippen LogP contribution in [0.15, 0.2) is 24.3 Å². The standard InChI is InChI=1S/C11H12F3NO3/c12-11(13,14)8-3-1-7(2-4-8)5-10(15,6-16)9(17)18/h1-4,16H,5-6,15H2,(H,17,18)/t10-/m0/s1. The van der Waals surface area contributed by atoms with Crippen LogP contribution in [0.2, 0.25) is 0 Å².